The van der Waals surface area contributed by atoms with E-state index in [2.05, 4.69) is 35.8 Å². The van der Waals surface area contributed by atoms with Crippen molar-refractivity contribution in [3.05, 3.63) is 97.1 Å². The quantitative estimate of drug-likeness (QED) is 0.471. The Kier molecular flexibility index (Phi) is 3.97. The Morgan fingerprint density at radius 1 is 0.640 bits per heavy atom. The van der Waals surface area contributed by atoms with Crippen LogP contribution >= 0.6 is 0 Å². The number of rotatable bonds is 4. The van der Waals surface area contributed by atoms with Gasteiger partial charge in [0.25, 0.3) is 0 Å². The number of hydrogen-bond donors (Lipinski definition) is 2. The molecule has 0 spiro atoms. The summed E-state index contributed by atoms with van der Waals surface area (Å²) in [4.78, 5) is 0. The van der Waals surface area contributed by atoms with E-state index in [0.717, 1.165) is 22.4 Å². The van der Waals surface area contributed by atoms with Crippen molar-refractivity contribution in [2.75, 3.05) is 10.4 Å². The molecule has 3 heteroatoms. The van der Waals surface area contributed by atoms with Gasteiger partial charge in [-0.25, -0.2) is 0 Å². The smallest absolute Gasteiger partial charge is 0.115 e. The van der Waals surface area contributed by atoms with Gasteiger partial charge in [-0.15, -0.1) is 0 Å². The molecule has 0 amide bonds. The lowest BCUT2D eigenvalue weighted by Crippen LogP contribution is -2.24. The average molecular weight is 326 g/mol. The van der Waals surface area contributed by atoms with Crippen LogP contribution in [-0.2, 0) is 0 Å². The lowest BCUT2D eigenvalue weighted by molar-refractivity contribution is 0.475. The van der Waals surface area contributed by atoms with Gasteiger partial charge in [-0.2, -0.15) is 0 Å². The van der Waals surface area contributed by atoms with Gasteiger partial charge in [0.05, 0.1) is 17.1 Å². The summed E-state index contributed by atoms with van der Waals surface area (Å²) in [6.45, 7) is 0. The Hall–Kier alpha value is -3.46. The molecule has 122 valence electrons. The highest BCUT2D eigenvalue weighted by molar-refractivity contribution is 5.96. The molecule has 4 rings (SSSR count). The Morgan fingerprint density at radius 3 is 2.12 bits per heavy atom. The molecule has 4 aromatic carbocycles. The predicted molar refractivity (Wildman–Crippen MR) is 104 cm³/mol. The summed E-state index contributed by atoms with van der Waals surface area (Å²) in [6, 6.07) is 31.8. The van der Waals surface area contributed by atoms with Crippen LogP contribution in [0.2, 0.25) is 0 Å². The van der Waals surface area contributed by atoms with Gasteiger partial charge in [0.1, 0.15) is 5.75 Å². The SMILES string of the molecule is Oc1ccc(N(Nc2ccccc2)c2cccc3ccccc23)cc1. The summed E-state index contributed by atoms with van der Waals surface area (Å²) in [5, 5.41) is 14.0. The molecule has 0 unspecified atom stereocenters. The largest absolute Gasteiger partial charge is 0.508 e. The fraction of sp³-hybridized carbons (Fsp3) is 0. The summed E-state index contributed by atoms with van der Waals surface area (Å²) >= 11 is 0. The van der Waals surface area contributed by atoms with Gasteiger partial charge in [0, 0.05) is 5.39 Å². The Labute approximate surface area is 146 Å². The first kappa shape index (κ1) is 15.1. The van der Waals surface area contributed by atoms with Crippen LogP contribution in [0.5, 0.6) is 5.75 Å². The number of phenolic OH excluding ortho intramolecular Hbond substituents is 1. The fourth-order valence-electron chi connectivity index (χ4n) is 2.91. The number of aromatic hydroxyl groups is 1. The van der Waals surface area contributed by atoms with Crippen molar-refractivity contribution in [2.45, 2.75) is 0 Å². The molecule has 0 radical (unpaired) electrons. The van der Waals surface area contributed by atoms with Gasteiger partial charge >= 0.3 is 0 Å². The van der Waals surface area contributed by atoms with Gasteiger partial charge in [0.15, 0.2) is 0 Å². The van der Waals surface area contributed by atoms with Crippen LogP contribution in [0, 0.1) is 0 Å². The molecule has 0 atom stereocenters. The van der Waals surface area contributed by atoms with E-state index in [0.29, 0.717) is 0 Å². The molecule has 0 aliphatic heterocycles. The summed E-state index contributed by atoms with van der Waals surface area (Å²) in [6.07, 6.45) is 0. The number of hydrazine groups is 1. The van der Waals surface area contributed by atoms with Crippen molar-refractivity contribution in [1.29, 1.82) is 0 Å². The molecule has 0 saturated carbocycles. The number of fused-ring (bicyclic) bond motifs is 1. The molecule has 0 saturated heterocycles. The molecular formula is C22H18N2O. The van der Waals surface area contributed by atoms with E-state index in [-0.39, 0.29) is 5.75 Å². The molecule has 0 fully saturated rings. The van der Waals surface area contributed by atoms with E-state index in [1.165, 1.54) is 5.39 Å². The van der Waals surface area contributed by atoms with Crippen molar-refractivity contribution >= 4 is 27.8 Å². The van der Waals surface area contributed by atoms with Crippen LogP contribution in [0.15, 0.2) is 97.1 Å². The highest BCUT2D eigenvalue weighted by Gasteiger charge is 2.12. The normalized spacial score (nSPS) is 10.6. The van der Waals surface area contributed by atoms with E-state index in [1.807, 2.05) is 59.6 Å². The van der Waals surface area contributed by atoms with E-state index in [4.69, 9.17) is 0 Å². The number of para-hydroxylation sites is 1. The number of phenols is 1. The number of benzene rings is 4. The van der Waals surface area contributed by atoms with Crippen LogP contribution in [0.4, 0.5) is 17.1 Å². The average Bonchev–Trinajstić information content (AvgIpc) is 2.67. The van der Waals surface area contributed by atoms with E-state index < -0.39 is 0 Å². The monoisotopic (exact) mass is 326 g/mol. The van der Waals surface area contributed by atoms with E-state index in [1.54, 1.807) is 12.1 Å². The van der Waals surface area contributed by atoms with Crippen molar-refractivity contribution in [2.24, 2.45) is 0 Å². The fourth-order valence-corrected chi connectivity index (χ4v) is 2.91. The molecule has 0 bridgehead atoms. The van der Waals surface area contributed by atoms with Gasteiger partial charge in [0.2, 0.25) is 0 Å². The number of nitrogens with one attached hydrogen (secondary N) is 1. The highest BCUT2D eigenvalue weighted by Crippen LogP contribution is 2.33. The topological polar surface area (TPSA) is 35.5 Å². The maximum atomic E-state index is 9.63. The van der Waals surface area contributed by atoms with Crippen LogP contribution in [0.3, 0.4) is 0 Å². The predicted octanol–water partition coefficient (Wildman–Crippen LogP) is 5.71. The molecular weight excluding hydrogens is 308 g/mol. The zero-order chi connectivity index (χ0) is 17.1. The lowest BCUT2D eigenvalue weighted by atomic mass is 10.1. The molecule has 0 aliphatic rings. The number of anilines is 3. The standard InChI is InChI=1S/C22H18N2O/c25-20-15-13-19(14-16-20)24(23-18-9-2-1-3-10-18)22-12-6-8-17-7-4-5-11-21(17)22/h1-16,23,25H. The lowest BCUT2D eigenvalue weighted by Gasteiger charge is -2.28. The Morgan fingerprint density at radius 2 is 1.32 bits per heavy atom. The molecule has 25 heavy (non-hydrogen) atoms. The van der Waals surface area contributed by atoms with E-state index >= 15 is 0 Å². The third kappa shape index (κ3) is 3.12. The first-order valence-corrected chi connectivity index (χ1v) is 8.20. The zero-order valence-corrected chi connectivity index (χ0v) is 13.6. The summed E-state index contributed by atoms with van der Waals surface area (Å²) in [5.74, 6) is 0.251. The maximum absolute atomic E-state index is 9.63. The second-order valence-corrected chi connectivity index (χ2v) is 5.83. The molecule has 3 nitrogen and oxygen atoms in total. The minimum Gasteiger partial charge on any atom is -0.508 e. The van der Waals surface area contributed by atoms with Crippen molar-refractivity contribution < 1.29 is 5.11 Å². The Bertz CT molecular complexity index is 976. The Balaban J connectivity index is 1.85. The first-order valence-electron chi connectivity index (χ1n) is 8.20. The van der Waals surface area contributed by atoms with Crippen molar-refractivity contribution in [3.63, 3.8) is 0 Å². The van der Waals surface area contributed by atoms with Gasteiger partial charge in [-0.05, 0) is 47.9 Å². The first-order chi connectivity index (χ1) is 12.3. The van der Waals surface area contributed by atoms with Crippen molar-refractivity contribution in [3.8, 4) is 5.75 Å². The minimum absolute atomic E-state index is 0.251. The van der Waals surface area contributed by atoms with E-state index in [9.17, 15) is 5.11 Å². The van der Waals surface area contributed by atoms with Crippen LogP contribution in [0.1, 0.15) is 0 Å². The van der Waals surface area contributed by atoms with Crippen LogP contribution < -0.4 is 10.4 Å². The van der Waals surface area contributed by atoms with Gasteiger partial charge in [-0.1, -0.05) is 54.6 Å². The molecule has 0 aliphatic carbocycles. The minimum atomic E-state index is 0.251. The molecule has 0 aromatic heterocycles. The molecule has 0 heterocycles. The maximum Gasteiger partial charge on any atom is 0.115 e. The second-order valence-electron chi connectivity index (χ2n) is 5.83. The van der Waals surface area contributed by atoms with Crippen LogP contribution in [-0.4, -0.2) is 5.11 Å². The second kappa shape index (κ2) is 6.57. The van der Waals surface area contributed by atoms with Gasteiger partial charge in [-0.3, -0.25) is 10.4 Å². The number of nitrogens with zero attached hydrogens (tertiary/aromatic N) is 1. The third-order valence-corrected chi connectivity index (χ3v) is 4.13. The number of hydrogen-bond acceptors (Lipinski definition) is 3. The molecule has 4 aromatic rings. The summed E-state index contributed by atoms with van der Waals surface area (Å²) in [7, 11) is 0. The third-order valence-electron chi connectivity index (χ3n) is 4.13. The highest BCUT2D eigenvalue weighted by atomic mass is 16.3. The van der Waals surface area contributed by atoms with Crippen LogP contribution in [0.25, 0.3) is 10.8 Å². The summed E-state index contributed by atoms with van der Waals surface area (Å²) < 4.78 is 0. The zero-order valence-electron chi connectivity index (χ0n) is 13.6. The summed E-state index contributed by atoms with van der Waals surface area (Å²) in [5.41, 5.74) is 6.46. The van der Waals surface area contributed by atoms with Crippen molar-refractivity contribution in [1.82, 2.24) is 0 Å². The molecule has 2 N–H and O–H groups in total. The van der Waals surface area contributed by atoms with Gasteiger partial charge < -0.3 is 5.11 Å².